The van der Waals surface area contributed by atoms with E-state index in [1.54, 1.807) is 43.2 Å². The third-order valence-electron chi connectivity index (χ3n) is 2.78. The Morgan fingerprint density at radius 2 is 2.24 bits per heavy atom. The lowest BCUT2D eigenvalue weighted by molar-refractivity contribution is -0.145. The molecule has 0 spiro atoms. The number of amides is 1. The third-order valence-corrected chi connectivity index (χ3v) is 2.78. The predicted octanol–water partition coefficient (Wildman–Crippen LogP) is 0.849. The topological polar surface area (TPSA) is 86.1 Å². The van der Waals surface area contributed by atoms with E-state index in [-0.39, 0.29) is 6.61 Å². The van der Waals surface area contributed by atoms with Gasteiger partial charge in [-0.1, -0.05) is 0 Å². The first-order chi connectivity index (χ1) is 10.1. The number of aryl methyl sites for hydroxylation is 1. The van der Waals surface area contributed by atoms with E-state index in [4.69, 9.17) is 4.74 Å². The van der Waals surface area contributed by atoms with Crippen LogP contribution in [-0.4, -0.2) is 33.2 Å². The molecule has 1 amide bonds. The van der Waals surface area contributed by atoms with Crippen LogP contribution in [0.5, 0.6) is 0 Å². The Hall–Kier alpha value is -2.70. The first-order valence-corrected chi connectivity index (χ1v) is 6.48. The number of nitrogens with zero attached hydrogens (tertiary/aromatic N) is 3. The van der Waals surface area contributed by atoms with E-state index in [0.29, 0.717) is 11.1 Å². The maximum atomic E-state index is 12.2. The molecule has 7 heteroatoms. The molecule has 0 fully saturated rings. The van der Waals surface area contributed by atoms with Crippen molar-refractivity contribution >= 4 is 11.9 Å². The Morgan fingerprint density at radius 1 is 1.43 bits per heavy atom. The Morgan fingerprint density at radius 3 is 2.81 bits per heavy atom. The second-order valence-electron chi connectivity index (χ2n) is 4.35. The zero-order valence-corrected chi connectivity index (χ0v) is 11.8. The normalized spacial score (nSPS) is 11.7. The molecule has 0 aliphatic carbocycles. The van der Waals surface area contributed by atoms with Crippen molar-refractivity contribution in [3.05, 3.63) is 48.0 Å². The van der Waals surface area contributed by atoms with Gasteiger partial charge in [0.15, 0.2) is 6.04 Å². The first-order valence-electron chi connectivity index (χ1n) is 6.48. The van der Waals surface area contributed by atoms with Gasteiger partial charge in [0.2, 0.25) is 0 Å². The molecule has 2 aromatic heterocycles. The van der Waals surface area contributed by atoms with E-state index in [1.807, 2.05) is 0 Å². The van der Waals surface area contributed by atoms with Crippen molar-refractivity contribution in [2.75, 3.05) is 6.61 Å². The number of esters is 1. The van der Waals surface area contributed by atoms with Crippen LogP contribution in [0.25, 0.3) is 0 Å². The van der Waals surface area contributed by atoms with Crippen LogP contribution < -0.4 is 5.32 Å². The number of hydrogen-bond acceptors (Lipinski definition) is 5. The van der Waals surface area contributed by atoms with Gasteiger partial charge < -0.3 is 10.1 Å². The molecule has 2 aromatic rings. The zero-order valence-electron chi connectivity index (χ0n) is 11.8. The monoisotopic (exact) mass is 288 g/mol. The van der Waals surface area contributed by atoms with E-state index in [9.17, 15) is 9.59 Å². The van der Waals surface area contributed by atoms with Crippen molar-refractivity contribution in [2.24, 2.45) is 7.05 Å². The van der Waals surface area contributed by atoms with Crippen molar-refractivity contribution in [3.8, 4) is 0 Å². The number of rotatable bonds is 5. The maximum absolute atomic E-state index is 12.2. The van der Waals surface area contributed by atoms with Gasteiger partial charge >= 0.3 is 5.97 Å². The van der Waals surface area contributed by atoms with E-state index in [0.717, 1.165) is 0 Å². The van der Waals surface area contributed by atoms with Crippen molar-refractivity contribution < 1.29 is 14.3 Å². The van der Waals surface area contributed by atoms with Crippen LogP contribution in [0.4, 0.5) is 0 Å². The van der Waals surface area contributed by atoms with E-state index >= 15 is 0 Å². The number of aromatic nitrogens is 3. The molecular formula is C14H16N4O3. The second kappa shape index (κ2) is 6.65. The average molecular weight is 288 g/mol. The Kier molecular flexibility index (Phi) is 4.65. The zero-order chi connectivity index (χ0) is 15.2. The Balaban J connectivity index is 2.20. The lowest BCUT2D eigenvalue weighted by Crippen LogP contribution is -2.34. The van der Waals surface area contributed by atoms with Crippen LogP contribution in [0.2, 0.25) is 0 Å². The molecular weight excluding hydrogens is 272 g/mol. The number of ether oxygens (including phenoxy) is 1. The standard InChI is InChI=1S/C14H16N4O3/c1-3-21-14(20)12(11-8-16-18(2)9-11)17-13(19)10-5-4-6-15-7-10/h4-9,12H,3H2,1-2H3,(H,17,19). The number of carbonyl (C=O) groups excluding carboxylic acids is 2. The lowest BCUT2D eigenvalue weighted by Gasteiger charge is -2.15. The summed E-state index contributed by atoms with van der Waals surface area (Å²) < 4.78 is 6.55. The van der Waals surface area contributed by atoms with Gasteiger partial charge in [0.25, 0.3) is 5.91 Å². The summed E-state index contributed by atoms with van der Waals surface area (Å²) in [6.45, 7) is 1.94. The van der Waals surface area contributed by atoms with Gasteiger partial charge in [-0.15, -0.1) is 0 Å². The molecule has 0 aliphatic rings. The maximum Gasteiger partial charge on any atom is 0.333 e. The molecule has 1 unspecified atom stereocenters. The number of nitrogens with one attached hydrogen (secondary N) is 1. The van der Waals surface area contributed by atoms with Crippen LogP contribution in [0.1, 0.15) is 28.9 Å². The van der Waals surface area contributed by atoms with Crippen LogP contribution in [-0.2, 0) is 16.6 Å². The summed E-state index contributed by atoms with van der Waals surface area (Å²) in [5.74, 6) is -0.923. The third kappa shape index (κ3) is 3.65. The summed E-state index contributed by atoms with van der Waals surface area (Å²) in [5, 5.41) is 6.65. The molecule has 0 aliphatic heterocycles. The fourth-order valence-electron chi connectivity index (χ4n) is 1.80. The molecule has 1 atom stereocenters. The SMILES string of the molecule is CCOC(=O)C(NC(=O)c1cccnc1)c1cnn(C)c1. The van der Waals surface area contributed by atoms with Crippen LogP contribution in [0, 0.1) is 0 Å². The summed E-state index contributed by atoms with van der Waals surface area (Å²) in [6, 6.07) is 2.37. The second-order valence-corrected chi connectivity index (χ2v) is 4.35. The lowest BCUT2D eigenvalue weighted by atomic mass is 10.1. The van der Waals surface area contributed by atoms with Gasteiger partial charge in [0, 0.05) is 31.2 Å². The van der Waals surface area contributed by atoms with E-state index in [1.165, 1.54) is 12.4 Å². The highest BCUT2D eigenvalue weighted by atomic mass is 16.5. The predicted molar refractivity (Wildman–Crippen MR) is 74.3 cm³/mol. The fourth-order valence-corrected chi connectivity index (χ4v) is 1.80. The highest BCUT2D eigenvalue weighted by molar-refractivity contribution is 5.96. The van der Waals surface area contributed by atoms with Crippen LogP contribution in [0.15, 0.2) is 36.9 Å². The molecule has 0 radical (unpaired) electrons. The molecule has 1 N–H and O–H groups in total. The van der Waals surface area contributed by atoms with Gasteiger partial charge in [0.1, 0.15) is 0 Å². The first kappa shape index (κ1) is 14.7. The molecule has 0 saturated heterocycles. The van der Waals surface area contributed by atoms with Crippen LogP contribution in [0.3, 0.4) is 0 Å². The highest BCUT2D eigenvalue weighted by Crippen LogP contribution is 2.14. The van der Waals surface area contributed by atoms with Gasteiger partial charge in [-0.2, -0.15) is 5.10 Å². The molecule has 21 heavy (non-hydrogen) atoms. The Bertz CT molecular complexity index is 624. The molecule has 0 bridgehead atoms. The number of pyridine rings is 1. The van der Waals surface area contributed by atoms with Gasteiger partial charge in [-0.3, -0.25) is 14.5 Å². The number of carbonyl (C=O) groups is 2. The molecule has 2 rings (SSSR count). The van der Waals surface area contributed by atoms with Gasteiger partial charge in [0.05, 0.1) is 18.4 Å². The van der Waals surface area contributed by atoms with Crippen molar-refractivity contribution in [1.29, 1.82) is 0 Å². The Labute approximate surface area is 121 Å². The highest BCUT2D eigenvalue weighted by Gasteiger charge is 2.25. The molecule has 0 aromatic carbocycles. The average Bonchev–Trinajstić information content (AvgIpc) is 2.92. The van der Waals surface area contributed by atoms with Crippen molar-refractivity contribution in [2.45, 2.75) is 13.0 Å². The summed E-state index contributed by atoms with van der Waals surface area (Å²) in [7, 11) is 1.73. The number of hydrogen-bond donors (Lipinski definition) is 1. The minimum absolute atomic E-state index is 0.234. The summed E-state index contributed by atoms with van der Waals surface area (Å²) in [5.41, 5.74) is 0.934. The van der Waals surface area contributed by atoms with Gasteiger partial charge in [-0.05, 0) is 19.1 Å². The largest absolute Gasteiger partial charge is 0.464 e. The molecule has 110 valence electrons. The minimum Gasteiger partial charge on any atom is -0.464 e. The van der Waals surface area contributed by atoms with E-state index < -0.39 is 17.9 Å². The summed E-state index contributed by atoms with van der Waals surface area (Å²) in [4.78, 5) is 28.1. The fraction of sp³-hybridized carbons (Fsp3) is 0.286. The van der Waals surface area contributed by atoms with Gasteiger partial charge in [-0.25, -0.2) is 4.79 Å². The molecule has 0 saturated carbocycles. The minimum atomic E-state index is -0.897. The summed E-state index contributed by atoms with van der Waals surface area (Å²) in [6.07, 6.45) is 6.18. The van der Waals surface area contributed by atoms with Crippen molar-refractivity contribution in [3.63, 3.8) is 0 Å². The van der Waals surface area contributed by atoms with E-state index in [2.05, 4.69) is 15.4 Å². The smallest absolute Gasteiger partial charge is 0.333 e. The molecule has 2 heterocycles. The van der Waals surface area contributed by atoms with Crippen LogP contribution >= 0.6 is 0 Å². The van der Waals surface area contributed by atoms with Crippen molar-refractivity contribution in [1.82, 2.24) is 20.1 Å². The summed E-state index contributed by atoms with van der Waals surface area (Å²) >= 11 is 0. The quantitative estimate of drug-likeness (QED) is 0.824. The molecule has 7 nitrogen and oxygen atoms in total.